The summed E-state index contributed by atoms with van der Waals surface area (Å²) in [5, 5.41) is 0. The second kappa shape index (κ2) is 9.28. The molecule has 172 valence electrons. The van der Waals surface area contributed by atoms with E-state index in [1.54, 1.807) is 32.9 Å². The number of carbonyl (C=O) groups is 2. The van der Waals surface area contributed by atoms with Gasteiger partial charge >= 0.3 is 5.97 Å². The molecule has 0 radical (unpaired) electrons. The van der Waals surface area contributed by atoms with Gasteiger partial charge in [-0.05, 0) is 77.0 Å². The third-order valence-corrected chi connectivity index (χ3v) is 7.86. The average molecular weight is 451 g/mol. The fourth-order valence-corrected chi connectivity index (χ4v) is 6.28. The Morgan fingerprint density at radius 3 is 2.65 bits per heavy atom. The molecule has 2 saturated heterocycles. The van der Waals surface area contributed by atoms with Crippen LogP contribution in [0.2, 0.25) is 0 Å². The first-order chi connectivity index (χ1) is 14.5. The van der Waals surface area contributed by atoms with E-state index in [1.165, 1.54) is 4.31 Å². The van der Waals surface area contributed by atoms with Crippen LogP contribution < -0.4 is 4.90 Å². The van der Waals surface area contributed by atoms with Crippen molar-refractivity contribution in [2.24, 2.45) is 5.92 Å². The lowest BCUT2D eigenvalue weighted by atomic mass is 10.0. The largest absolute Gasteiger partial charge is 0.459 e. The fourth-order valence-electron chi connectivity index (χ4n) is 4.44. The van der Waals surface area contributed by atoms with Gasteiger partial charge in [0.1, 0.15) is 22.8 Å². The smallest absolute Gasteiger partial charge is 0.324 e. The molecule has 0 bridgehead atoms. The lowest BCUT2D eigenvalue weighted by molar-refractivity contribution is -0.158. The molecule has 0 amide bonds. The Kier molecular flexibility index (Phi) is 7.11. The highest BCUT2D eigenvalue weighted by atomic mass is 32.2. The predicted octanol–water partition coefficient (Wildman–Crippen LogP) is 3.30. The highest BCUT2D eigenvalue weighted by Gasteiger charge is 2.43. The van der Waals surface area contributed by atoms with Crippen molar-refractivity contribution in [2.45, 2.75) is 76.3 Å². The molecular formula is C23H34N2O5S. The molecule has 0 N–H and O–H groups in total. The number of rotatable bonds is 7. The SMILES string of the molecule is Cc1ccc(S(=O)(=O)N2CCC[C@H]2C(=O)OC(C)(C)C)c(N2CCC(CCC=O)C2)c1. The molecule has 2 aliphatic rings. The van der Waals surface area contributed by atoms with E-state index < -0.39 is 27.6 Å². The van der Waals surface area contributed by atoms with Crippen molar-refractivity contribution in [3.05, 3.63) is 23.8 Å². The summed E-state index contributed by atoms with van der Waals surface area (Å²) < 4.78 is 34.2. The summed E-state index contributed by atoms with van der Waals surface area (Å²) in [6.45, 7) is 9.09. The Hall–Kier alpha value is -1.93. The summed E-state index contributed by atoms with van der Waals surface area (Å²) >= 11 is 0. The zero-order chi connectivity index (χ0) is 22.8. The zero-order valence-corrected chi connectivity index (χ0v) is 19.8. The first-order valence-electron chi connectivity index (χ1n) is 11.1. The third-order valence-electron chi connectivity index (χ3n) is 5.90. The van der Waals surface area contributed by atoms with Crippen LogP contribution in [-0.2, 0) is 24.3 Å². The Morgan fingerprint density at radius 2 is 1.97 bits per heavy atom. The van der Waals surface area contributed by atoms with Crippen LogP contribution in [0, 0.1) is 12.8 Å². The number of anilines is 1. The monoisotopic (exact) mass is 450 g/mol. The molecule has 1 aromatic rings. The number of hydrogen-bond donors (Lipinski definition) is 0. The number of esters is 1. The van der Waals surface area contributed by atoms with Gasteiger partial charge in [0.2, 0.25) is 10.0 Å². The molecule has 3 rings (SSSR count). The fraction of sp³-hybridized carbons (Fsp3) is 0.652. The summed E-state index contributed by atoms with van der Waals surface area (Å²) in [6, 6.07) is 4.57. The second-order valence-electron chi connectivity index (χ2n) is 9.62. The molecule has 0 saturated carbocycles. The van der Waals surface area contributed by atoms with Crippen molar-refractivity contribution in [1.29, 1.82) is 0 Å². The number of ether oxygens (including phenoxy) is 1. The molecule has 0 spiro atoms. The maximum Gasteiger partial charge on any atom is 0.324 e. The zero-order valence-electron chi connectivity index (χ0n) is 19.0. The van der Waals surface area contributed by atoms with Crippen molar-refractivity contribution in [2.75, 3.05) is 24.5 Å². The summed E-state index contributed by atoms with van der Waals surface area (Å²) in [5.41, 5.74) is 0.995. The number of carbonyl (C=O) groups excluding carboxylic acids is 2. The van der Waals surface area contributed by atoms with Crippen LogP contribution in [0.15, 0.2) is 23.1 Å². The Morgan fingerprint density at radius 1 is 1.23 bits per heavy atom. The van der Waals surface area contributed by atoms with Gasteiger partial charge in [0, 0.05) is 26.1 Å². The predicted molar refractivity (Wildman–Crippen MR) is 120 cm³/mol. The van der Waals surface area contributed by atoms with Crippen molar-refractivity contribution in [1.82, 2.24) is 4.31 Å². The summed E-state index contributed by atoms with van der Waals surface area (Å²) in [4.78, 5) is 25.8. The van der Waals surface area contributed by atoms with Crippen molar-refractivity contribution in [3.63, 3.8) is 0 Å². The Balaban J connectivity index is 1.89. The van der Waals surface area contributed by atoms with Gasteiger partial charge < -0.3 is 14.4 Å². The normalized spacial score (nSPS) is 22.6. The van der Waals surface area contributed by atoms with Crippen LogP contribution in [0.5, 0.6) is 0 Å². The first kappa shape index (κ1) is 23.7. The van der Waals surface area contributed by atoms with E-state index in [-0.39, 0.29) is 4.90 Å². The van der Waals surface area contributed by atoms with Crippen LogP contribution in [0.25, 0.3) is 0 Å². The van der Waals surface area contributed by atoms with Gasteiger partial charge in [0.05, 0.1) is 5.69 Å². The molecule has 2 heterocycles. The minimum absolute atomic E-state index is 0.240. The van der Waals surface area contributed by atoms with Crippen molar-refractivity contribution >= 4 is 28.0 Å². The van der Waals surface area contributed by atoms with Gasteiger partial charge in [-0.25, -0.2) is 8.42 Å². The Bertz CT molecular complexity index is 922. The van der Waals surface area contributed by atoms with E-state index >= 15 is 0 Å². The average Bonchev–Trinajstić information content (AvgIpc) is 3.34. The van der Waals surface area contributed by atoms with Gasteiger partial charge in [-0.2, -0.15) is 4.31 Å². The summed E-state index contributed by atoms with van der Waals surface area (Å²) in [7, 11) is -3.87. The maximum absolute atomic E-state index is 13.7. The highest BCUT2D eigenvalue weighted by Crippen LogP contribution is 2.36. The molecule has 7 nitrogen and oxygen atoms in total. The van der Waals surface area contributed by atoms with E-state index in [0.717, 1.165) is 37.8 Å². The van der Waals surface area contributed by atoms with Crippen molar-refractivity contribution in [3.8, 4) is 0 Å². The van der Waals surface area contributed by atoms with Gasteiger partial charge in [0.15, 0.2) is 0 Å². The number of sulfonamides is 1. The van der Waals surface area contributed by atoms with Gasteiger partial charge in [-0.3, -0.25) is 4.79 Å². The third kappa shape index (κ3) is 5.47. The first-order valence-corrected chi connectivity index (χ1v) is 12.5. The van der Waals surface area contributed by atoms with Crippen LogP contribution in [0.3, 0.4) is 0 Å². The standard InChI is InChI=1S/C23H34N2O5S/c1-17-9-10-21(20(15-17)24-13-11-18(16-24)7-6-14-26)31(28,29)25-12-5-8-19(25)22(27)30-23(2,3)4/h9-10,14-15,18-19H,5-8,11-13,16H2,1-4H3/t18?,19-/m0/s1. The van der Waals surface area contributed by atoms with Gasteiger partial charge in [0.25, 0.3) is 0 Å². The van der Waals surface area contributed by atoms with E-state index in [4.69, 9.17) is 4.74 Å². The van der Waals surface area contributed by atoms with E-state index in [1.807, 2.05) is 13.0 Å². The van der Waals surface area contributed by atoms with Gasteiger partial charge in [-0.1, -0.05) is 6.07 Å². The molecule has 0 aliphatic carbocycles. The van der Waals surface area contributed by atoms with Crippen LogP contribution in [0.4, 0.5) is 5.69 Å². The molecule has 1 aromatic carbocycles. The quantitative estimate of drug-likeness (QED) is 0.468. The van der Waals surface area contributed by atoms with E-state index in [0.29, 0.717) is 37.4 Å². The lowest BCUT2D eigenvalue weighted by Crippen LogP contribution is -2.43. The maximum atomic E-state index is 13.7. The summed E-state index contributed by atoms with van der Waals surface area (Å²) in [5.74, 6) is -0.111. The van der Waals surface area contributed by atoms with E-state index in [2.05, 4.69) is 4.90 Å². The Labute approximate surface area is 185 Å². The number of aryl methyl sites for hydroxylation is 1. The van der Waals surface area contributed by atoms with Crippen molar-refractivity contribution < 1.29 is 22.7 Å². The number of benzene rings is 1. The lowest BCUT2D eigenvalue weighted by Gasteiger charge is -2.29. The van der Waals surface area contributed by atoms with Gasteiger partial charge in [-0.15, -0.1) is 0 Å². The molecule has 2 aliphatic heterocycles. The molecule has 2 fully saturated rings. The van der Waals surface area contributed by atoms with Crippen LogP contribution >= 0.6 is 0 Å². The molecule has 2 atom stereocenters. The second-order valence-corrected chi connectivity index (χ2v) is 11.5. The number of nitrogens with zero attached hydrogens (tertiary/aromatic N) is 2. The topological polar surface area (TPSA) is 84.0 Å². The number of aldehydes is 1. The summed E-state index contributed by atoms with van der Waals surface area (Å²) in [6.07, 6.45) is 4.32. The molecule has 0 aromatic heterocycles. The minimum atomic E-state index is -3.87. The molecule has 8 heteroatoms. The highest BCUT2D eigenvalue weighted by molar-refractivity contribution is 7.89. The van der Waals surface area contributed by atoms with E-state index in [9.17, 15) is 18.0 Å². The minimum Gasteiger partial charge on any atom is -0.459 e. The number of hydrogen-bond acceptors (Lipinski definition) is 6. The van der Waals surface area contributed by atoms with Crippen LogP contribution in [0.1, 0.15) is 58.4 Å². The van der Waals surface area contributed by atoms with Crippen LogP contribution in [-0.4, -0.2) is 56.3 Å². The molecular weight excluding hydrogens is 416 g/mol. The molecule has 1 unspecified atom stereocenters. The molecule has 31 heavy (non-hydrogen) atoms.